The van der Waals surface area contributed by atoms with Crippen LogP contribution < -0.4 is 19.3 Å². The summed E-state index contributed by atoms with van der Waals surface area (Å²) in [4.78, 5) is 50.3. The molecule has 3 amide bonds. The zero-order chi connectivity index (χ0) is 36.3. The number of methoxy groups -OCH3 is 1. The maximum absolute atomic E-state index is 15.2. The van der Waals surface area contributed by atoms with Crippen molar-refractivity contribution in [2.45, 2.75) is 54.7 Å². The van der Waals surface area contributed by atoms with Crippen LogP contribution in [0.5, 0.6) is 11.5 Å². The van der Waals surface area contributed by atoms with Crippen molar-refractivity contribution in [2.75, 3.05) is 43.2 Å². The van der Waals surface area contributed by atoms with Crippen molar-refractivity contribution in [1.29, 1.82) is 0 Å². The molecule has 268 valence electrons. The molecule has 0 saturated carbocycles. The van der Waals surface area contributed by atoms with E-state index in [-0.39, 0.29) is 37.4 Å². The quantitative estimate of drug-likeness (QED) is 0.196. The summed E-state index contributed by atoms with van der Waals surface area (Å²) in [6.45, 7) is 12.5. The van der Waals surface area contributed by atoms with Gasteiger partial charge in [0.15, 0.2) is 0 Å². The van der Waals surface area contributed by atoms with Gasteiger partial charge in [-0.3, -0.25) is 14.4 Å². The number of hydrogen-bond acceptors (Lipinski definition) is 7. The average Bonchev–Trinajstić information content (AvgIpc) is 3.72. The minimum absolute atomic E-state index is 0.177. The summed E-state index contributed by atoms with van der Waals surface area (Å²) in [7, 11) is 1.59. The first-order valence-electron chi connectivity index (χ1n) is 17.5. The topological polar surface area (TPSA) is 99.6 Å². The van der Waals surface area contributed by atoms with Crippen LogP contribution in [0.25, 0.3) is 0 Å². The largest absolute Gasteiger partial charge is 0.497 e. The highest BCUT2D eigenvalue weighted by atomic mass is 32.2. The number of nitrogens with zero attached hydrogens (tertiary/aromatic N) is 3. The van der Waals surface area contributed by atoms with Crippen LogP contribution in [0.2, 0.25) is 0 Å². The van der Waals surface area contributed by atoms with Gasteiger partial charge in [0, 0.05) is 29.2 Å². The number of fused-ring (bicyclic) bond motifs is 1. The zero-order valence-corrected chi connectivity index (χ0v) is 30.4. The molecule has 0 radical (unpaired) electrons. The predicted molar refractivity (Wildman–Crippen MR) is 202 cm³/mol. The summed E-state index contributed by atoms with van der Waals surface area (Å²) < 4.78 is 9.53. The molecule has 9 nitrogen and oxygen atoms in total. The molecule has 6 atom stereocenters. The molecule has 0 aliphatic carbocycles. The summed E-state index contributed by atoms with van der Waals surface area (Å²) >= 11 is 1.61. The van der Waals surface area contributed by atoms with Crippen LogP contribution >= 0.6 is 11.8 Å². The van der Waals surface area contributed by atoms with Crippen LogP contribution in [0, 0.1) is 11.8 Å². The van der Waals surface area contributed by atoms with Gasteiger partial charge in [0.25, 0.3) is 5.91 Å². The Bertz CT molecular complexity index is 1750. The van der Waals surface area contributed by atoms with Crippen molar-refractivity contribution in [3.8, 4) is 11.5 Å². The summed E-state index contributed by atoms with van der Waals surface area (Å²) in [5.74, 6) is -0.836. The molecule has 3 aliphatic heterocycles. The number of aliphatic hydroxyl groups is 1. The van der Waals surface area contributed by atoms with Crippen LogP contribution in [0.4, 0.5) is 11.4 Å². The molecule has 3 heterocycles. The number of carbonyl (C=O) groups is 3. The molecular weight excluding hydrogens is 663 g/mol. The second kappa shape index (κ2) is 15.0. The minimum Gasteiger partial charge on any atom is -0.497 e. The Balaban J connectivity index is 1.45. The van der Waals surface area contributed by atoms with Crippen molar-refractivity contribution < 1.29 is 29.0 Å². The van der Waals surface area contributed by atoms with E-state index in [1.54, 1.807) is 57.9 Å². The van der Waals surface area contributed by atoms with E-state index < -0.39 is 33.4 Å². The fraction of sp³-hybridized carbons (Fsp3) is 0.390. The van der Waals surface area contributed by atoms with Gasteiger partial charge in [-0.2, -0.15) is 0 Å². The van der Waals surface area contributed by atoms with Crippen molar-refractivity contribution in [1.82, 2.24) is 4.90 Å². The number of rotatable bonds is 15. The molecule has 6 rings (SSSR count). The van der Waals surface area contributed by atoms with Crippen LogP contribution in [0.1, 0.15) is 32.3 Å². The normalized spacial score (nSPS) is 25.2. The summed E-state index contributed by atoms with van der Waals surface area (Å²) in [6.07, 6.45) is 4.95. The van der Waals surface area contributed by atoms with E-state index in [1.807, 2.05) is 73.7 Å². The number of aliphatic hydroxyl groups excluding tert-OH is 1. The number of anilines is 2. The highest BCUT2D eigenvalue weighted by molar-refractivity contribution is 8.02. The highest BCUT2D eigenvalue weighted by Crippen LogP contribution is 2.72. The van der Waals surface area contributed by atoms with E-state index in [2.05, 4.69) is 20.1 Å². The van der Waals surface area contributed by atoms with Crippen molar-refractivity contribution in [3.63, 3.8) is 0 Å². The average molecular weight is 710 g/mol. The predicted octanol–water partition coefficient (Wildman–Crippen LogP) is 5.92. The van der Waals surface area contributed by atoms with Gasteiger partial charge in [-0.05, 0) is 87.2 Å². The molecule has 2 unspecified atom stereocenters. The fourth-order valence-corrected chi connectivity index (χ4v) is 10.7. The fourth-order valence-electron chi connectivity index (χ4n) is 8.42. The molecule has 51 heavy (non-hydrogen) atoms. The third-order valence-corrected chi connectivity index (χ3v) is 12.6. The van der Waals surface area contributed by atoms with E-state index in [1.165, 1.54) is 0 Å². The molecule has 10 heteroatoms. The Labute approximate surface area is 304 Å². The van der Waals surface area contributed by atoms with Crippen molar-refractivity contribution >= 4 is 40.9 Å². The molecule has 3 fully saturated rings. The number of hydrogen-bond donors (Lipinski definition) is 1. The number of ether oxygens (including phenoxy) is 2. The van der Waals surface area contributed by atoms with E-state index in [4.69, 9.17) is 9.47 Å². The lowest BCUT2D eigenvalue weighted by Gasteiger charge is -2.39. The van der Waals surface area contributed by atoms with Gasteiger partial charge in [-0.25, -0.2) is 0 Å². The molecule has 1 N–H and O–H groups in total. The Hall–Kier alpha value is -4.54. The van der Waals surface area contributed by atoms with E-state index >= 15 is 9.59 Å². The Morgan fingerprint density at radius 3 is 2.08 bits per heavy atom. The lowest BCUT2D eigenvalue weighted by molar-refractivity contribution is -0.142. The second-order valence-corrected chi connectivity index (χ2v) is 15.5. The molecule has 3 aromatic rings. The van der Waals surface area contributed by atoms with Crippen molar-refractivity contribution in [3.05, 3.63) is 110 Å². The van der Waals surface area contributed by atoms with Crippen molar-refractivity contribution in [2.24, 2.45) is 11.8 Å². The van der Waals surface area contributed by atoms with E-state index in [0.717, 1.165) is 5.56 Å². The van der Waals surface area contributed by atoms with E-state index in [0.29, 0.717) is 48.7 Å². The van der Waals surface area contributed by atoms with Crippen LogP contribution in [-0.2, 0) is 20.8 Å². The van der Waals surface area contributed by atoms with Crippen LogP contribution in [0.3, 0.4) is 0 Å². The van der Waals surface area contributed by atoms with Gasteiger partial charge >= 0.3 is 0 Å². The summed E-state index contributed by atoms with van der Waals surface area (Å²) in [6, 6.07) is 22.7. The monoisotopic (exact) mass is 709 g/mol. The number of benzene rings is 3. The Morgan fingerprint density at radius 1 is 0.941 bits per heavy atom. The number of thioether (sulfide) groups is 1. The highest BCUT2D eigenvalue weighted by Gasteiger charge is 2.78. The third-order valence-electron chi connectivity index (χ3n) is 10.6. The smallest absolute Gasteiger partial charge is 0.251 e. The third kappa shape index (κ3) is 6.44. The van der Waals surface area contributed by atoms with Gasteiger partial charge in [0.2, 0.25) is 11.8 Å². The van der Waals surface area contributed by atoms with Crippen LogP contribution in [-0.4, -0.2) is 82.7 Å². The van der Waals surface area contributed by atoms with E-state index in [9.17, 15) is 9.90 Å². The maximum Gasteiger partial charge on any atom is 0.251 e. The van der Waals surface area contributed by atoms with Gasteiger partial charge in [0.1, 0.15) is 17.5 Å². The maximum atomic E-state index is 15.2. The van der Waals surface area contributed by atoms with Gasteiger partial charge < -0.3 is 29.3 Å². The van der Waals surface area contributed by atoms with Gasteiger partial charge in [-0.15, -0.1) is 24.9 Å². The first kappa shape index (κ1) is 36.3. The molecular formula is C41H47N3O6S. The van der Waals surface area contributed by atoms with Crippen LogP contribution in [0.15, 0.2) is 104 Å². The SMILES string of the molecule is C=CCN(C(=O)C1N([C@@H](CO)Cc2ccccc2)C(=O)[C@@H]2[C@@H](C(=O)N(CC=C)c3ccc(OCC)cc3)[C@@]3(C)CCC12S3)c1ccc(OC)cc1. The molecule has 1 spiro atoms. The standard InChI is InChI=1S/C41H47N3O6S/c1-6-24-42(29-16-20-33(21-17-29)50-8-3)37(46)34-35-38(47)44(31(27-45)26-28-12-10-9-11-13-28)36(41(35)23-22-40(34,4)51-41)39(48)43(25-7-2)30-14-18-32(49-5)19-15-30/h6-7,9-21,31,34-36,45H,1-2,8,22-27H2,3-5H3/t31-,34+,35+,36?,40-,41?/m1/s1. The number of amides is 3. The molecule has 3 saturated heterocycles. The van der Waals surface area contributed by atoms with Gasteiger partial charge in [0.05, 0.1) is 42.9 Å². The molecule has 3 aliphatic rings. The zero-order valence-electron chi connectivity index (χ0n) is 29.6. The molecule has 2 bridgehead atoms. The lowest BCUT2D eigenvalue weighted by atomic mass is 9.66. The first-order chi connectivity index (χ1) is 24.7. The minimum atomic E-state index is -0.930. The molecule has 0 aromatic heterocycles. The van der Waals surface area contributed by atoms with Gasteiger partial charge in [-0.1, -0.05) is 42.5 Å². The summed E-state index contributed by atoms with van der Waals surface area (Å²) in [5.41, 5.74) is 2.26. The number of likely N-dealkylation sites (tertiary alicyclic amines) is 1. The summed E-state index contributed by atoms with van der Waals surface area (Å²) in [5, 5.41) is 11.0. The Morgan fingerprint density at radius 2 is 1.53 bits per heavy atom. The Kier molecular flexibility index (Phi) is 10.6. The lowest BCUT2D eigenvalue weighted by Crippen LogP contribution is -2.58. The second-order valence-electron chi connectivity index (χ2n) is 13.6. The molecule has 3 aromatic carbocycles. The number of carbonyl (C=O) groups excluding carboxylic acids is 3. The first-order valence-corrected chi connectivity index (χ1v) is 18.4.